The first-order valence-electron chi connectivity index (χ1n) is 6.10. The molecule has 2 heterocycles. The van der Waals surface area contributed by atoms with Crippen molar-refractivity contribution in [3.63, 3.8) is 0 Å². The second-order valence-corrected chi connectivity index (χ2v) is 5.28. The summed E-state index contributed by atoms with van der Waals surface area (Å²) in [4.78, 5) is 16.4. The number of anilines is 1. The first-order valence-corrected chi connectivity index (χ1v) is 6.92. The maximum absolute atomic E-state index is 12.0. The maximum Gasteiger partial charge on any atom is 0.257 e. The second kappa shape index (κ2) is 5.37. The van der Waals surface area contributed by atoms with Crippen molar-refractivity contribution in [1.82, 2.24) is 4.98 Å². The number of fused-ring (bicyclic) bond motifs is 1. The number of hydrogen-bond acceptors (Lipinski definition) is 5. The summed E-state index contributed by atoms with van der Waals surface area (Å²) in [6, 6.07) is 8.43. The molecule has 2 aromatic heterocycles. The van der Waals surface area contributed by atoms with Crippen molar-refractivity contribution in [3.8, 4) is 5.75 Å². The third-order valence-corrected chi connectivity index (χ3v) is 3.81. The van der Waals surface area contributed by atoms with Crippen LogP contribution in [-0.4, -0.2) is 18.0 Å². The van der Waals surface area contributed by atoms with Crippen LogP contribution >= 0.6 is 11.3 Å². The zero-order valence-corrected chi connectivity index (χ0v) is 11.9. The van der Waals surface area contributed by atoms with Gasteiger partial charge in [-0.05, 0) is 18.2 Å². The Morgan fingerprint density at radius 1 is 1.33 bits per heavy atom. The van der Waals surface area contributed by atoms with Gasteiger partial charge in [0.15, 0.2) is 17.5 Å². The molecule has 7 heteroatoms. The molecule has 3 rings (SSSR count). The first kappa shape index (κ1) is 13.3. The second-order valence-electron chi connectivity index (χ2n) is 4.25. The highest BCUT2D eigenvalue weighted by molar-refractivity contribution is 7.22. The first-order chi connectivity index (χ1) is 10.2. The molecular formula is C14H11N3O3S. The van der Waals surface area contributed by atoms with E-state index >= 15 is 0 Å². The summed E-state index contributed by atoms with van der Waals surface area (Å²) in [7, 11) is 1.60. The fraction of sp³-hybridized carbons (Fsp3) is 0.0714. The average molecular weight is 301 g/mol. The van der Waals surface area contributed by atoms with Gasteiger partial charge >= 0.3 is 0 Å². The van der Waals surface area contributed by atoms with Gasteiger partial charge in [-0.2, -0.15) is 4.73 Å². The van der Waals surface area contributed by atoms with Gasteiger partial charge in [-0.15, -0.1) is 0 Å². The maximum atomic E-state index is 12.0. The van der Waals surface area contributed by atoms with E-state index in [0.717, 1.165) is 16.0 Å². The summed E-state index contributed by atoms with van der Waals surface area (Å²) >= 11 is 1.36. The minimum atomic E-state index is -0.304. The van der Waals surface area contributed by atoms with Crippen LogP contribution in [0.5, 0.6) is 5.75 Å². The molecule has 1 amide bonds. The van der Waals surface area contributed by atoms with Crippen molar-refractivity contribution in [2.45, 2.75) is 0 Å². The fourth-order valence-electron chi connectivity index (χ4n) is 1.82. The monoisotopic (exact) mass is 301 g/mol. The summed E-state index contributed by atoms with van der Waals surface area (Å²) in [5.74, 6) is 0.439. The van der Waals surface area contributed by atoms with Crippen molar-refractivity contribution in [1.29, 1.82) is 0 Å². The van der Waals surface area contributed by atoms with Gasteiger partial charge in [0.25, 0.3) is 5.91 Å². The molecule has 0 aliphatic heterocycles. The predicted octanol–water partition coefficient (Wildman–Crippen LogP) is 2.19. The fourth-order valence-corrected chi connectivity index (χ4v) is 2.71. The summed E-state index contributed by atoms with van der Waals surface area (Å²) in [5, 5.41) is 14.2. The lowest BCUT2D eigenvalue weighted by atomic mass is 10.2. The number of methoxy groups -OCH3 is 1. The summed E-state index contributed by atoms with van der Waals surface area (Å²) in [5.41, 5.74) is 1.19. The molecule has 0 unspecified atom stereocenters. The molecule has 0 aliphatic rings. The zero-order valence-electron chi connectivity index (χ0n) is 11.1. The number of benzene rings is 1. The van der Waals surface area contributed by atoms with Crippen LogP contribution in [-0.2, 0) is 0 Å². The lowest BCUT2D eigenvalue weighted by Crippen LogP contribution is -2.25. The van der Waals surface area contributed by atoms with E-state index in [9.17, 15) is 10.0 Å². The molecule has 3 aromatic rings. The van der Waals surface area contributed by atoms with Gasteiger partial charge in [-0.3, -0.25) is 10.1 Å². The van der Waals surface area contributed by atoms with Crippen LogP contribution < -0.4 is 14.8 Å². The number of rotatable bonds is 3. The molecule has 0 saturated carbocycles. The molecule has 0 saturated heterocycles. The highest BCUT2D eigenvalue weighted by Gasteiger charge is 2.11. The Labute approximate surface area is 124 Å². The normalized spacial score (nSPS) is 10.5. The van der Waals surface area contributed by atoms with E-state index in [0.29, 0.717) is 15.4 Å². The minimum Gasteiger partial charge on any atom is -0.619 e. The van der Waals surface area contributed by atoms with Crippen LogP contribution in [0.25, 0.3) is 10.2 Å². The number of nitrogens with one attached hydrogen (secondary N) is 1. The third kappa shape index (κ3) is 2.77. The quantitative estimate of drug-likeness (QED) is 0.594. The van der Waals surface area contributed by atoms with Gasteiger partial charge in [-0.25, -0.2) is 4.98 Å². The Morgan fingerprint density at radius 2 is 2.10 bits per heavy atom. The van der Waals surface area contributed by atoms with E-state index in [4.69, 9.17) is 4.74 Å². The van der Waals surface area contributed by atoms with Crippen molar-refractivity contribution in [3.05, 3.63) is 53.5 Å². The number of aromatic nitrogens is 2. The van der Waals surface area contributed by atoms with Gasteiger partial charge in [0.05, 0.1) is 22.9 Å². The Hall–Kier alpha value is -2.67. The van der Waals surface area contributed by atoms with Crippen LogP contribution in [0, 0.1) is 5.21 Å². The molecule has 0 fully saturated rings. The number of carbonyl (C=O) groups is 1. The van der Waals surface area contributed by atoms with E-state index in [1.54, 1.807) is 7.11 Å². The van der Waals surface area contributed by atoms with Crippen molar-refractivity contribution >= 4 is 32.6 Å². The Kier molecular flexibility index (Phi) is 3.41. The lowest BCUT2D eigenvalue weighted by molar-refractivity contribution is -0.605. The molecule has 6 nitrogen and oxygen atoms in total. The van der Waals surface area contributed by atoms with Gasteiger partial charge in [0.1, 0.15) is 5.75 Å². The molecule has 0 bridgehead atoms. The Balaban J connectivity index is 1.84. The molecule has 0 atom stereocenters. The summed E-state index contributed by atoms with van der Waals surface area (Å²) < 4.78 is 6.70. The van der Waals surface area contributed by atoms with Gasteiger partial charge in [0.2, 0.25) is 0 Å². The summed E-state index contributed by atoms with van der Waals surface area (Å²) in [6.07, 6.45) is 2.55. The van der Waals surface area contributed by atoms with E-state index < -0.39 is 0 Å². The standard InChI is InChI=1S/C14H11N3O3S/c1-20-10-2-3-11-12(8-10)21-14(15-11)16-13(18)9-4-6-17(19)7-5-9/h2-8H,1H3,(H,15,16,18). The van der Waals surface area contributed by atoms with Gasteiger partial charge < -0.3 is 9.94 Å². The topological polar surface area (TPSA) is 78.2 Å². The number of carbonyl (C=O) groups excluding carboxylic acids is 1. The molecule has 21 heavy (non-hydrogen) atoms. The molecule has 0 radical (unpaired) electrons. The van der Waals surface area contributed by atoms with Crippen LogP contribution in [0.4, 0.5) is 5.13 Å². The average Bonchev–Trinajstić information content (AvgIpc) is 2.88. The molecule has 106 valence electrons. The highest BCUT2D eigenvalue weighted by Crippen LogP contribution is 2.29. The highest BCUT2D eigenvalue weighted by atomic mass is 32.1. The smallest absolute Gasteiger partial charge is 0.257 e. The third-order valence-electron chi connectivity index (χ3n) is 2.88. The molecule has 0 aliphatic carbocycles. The molecule has 1 aromatic carbocycles. The van der Waals surface area contributed by atoms with E-state index in [2.05, 4.69) is 10.3 Å². The number of ether oxygens (including phenoxy) is 1. The van der Waals surface area contributed by atoms with E-state index in [1.165, 1.54) is 35.9 Å². The van der Waals surface area contributed by atoms with Crippen molar-refractivity contribution < 1.29 is 14.3 Å². The Morgan fingerprint density at radius 3 is 2.81 bits per heavy atom. The Bertz CT molecular complexity index is 799. The number of pyridine rings is 1. The predicted molar refractivity (Wildman–Crippen MR) is 79.5 cm³/mol. The summed E-state index contributed by atoms with van der Waals surface area (Å²) in [6.45, 7) is 0. The minimum absolute atomic E-state index is 0.304. The number of nitrogens with zero attached hydrogens (tertiary/aromatic N) is 2. The van der Waals surface area contributed by atoms with Crippen LogP contribution in [0.15, 0.2) is 42.7 Å². The van der Waals surface area contributed by atoms with Crippen molar-refractivity contribution in [2.75, 3.05) is 12.4 Å². The lowest BCUT2D eigenvalue weighted by Gasteiger charge is -2.00. The van der Waals surface area contributed by atoms with Gasteiger partial charge in [0, 0.05) is 12.1 Å². The van der Waals surface area contributed by atoms with Crippen LogP contribution in [0.3, 0.4) is 0 Å². The van der Waals surface area contributed by atoms with E-state index in [1.807, 2.05) is 18.2 Å². The largest absolute Gasteiger partial charge is 0.619 e. The number of amides is 1. The zero-order chi connectivity index (χ0) is 14.8. The van der Waals surface area contributed by atoms with Gasteiger partial charge in [-0.1, -0.05) is 11.3 Å². The number of hydrogen-bond donors (Lipinski definition) is 1. The number of thiazole rings is 1. The molecule has 0 spiro atoms. The van der Waals surface area contributed by atoms with E-state index in [-0.39, 0.29) is 5.91 Å². The van der Waals surface area contributed by atoms with Crippen LogP contribution in [0.1, 0.15) is 10.4 Å². The SMILES string of the molecule is COc1ccc2nc(NC(=O)c3cc[n+]([O-])cc3)sc2c1. The molecule has 1 N–H and O–H groups in total. The van der Waals surface area contributed by atoms with Crippen molar-refractivity contribution in [2.24, 2.45) is 0 Å². The van der Waals surface area contributed by atoms with Crippen LogP contribution in [0.2, 0.25) is 0 Å². The molecular weight excluding hydrogens is 290 g/mol.